The molecule has 4 aromatic rings. The molecule has 0 bridgehead atoms. The normalized spacial score (nSPS) is 21.0. The van der Waals surface area contributed by atoms with Crippen molar-refractivity contribution in [2.45, 2.75) is 106 Å². The molecule has 9 amide bonds. The van der Waals surface area contributed by atoms with Gasteiger partial charge < -0.3 is 64.8 Å². The monoisotopic (exact) mass is 1200 g/mol. The van der Waals surface area contributed by atoms with E-state index in [4.69, 9.17) is 52.0 Å². The number of rotatable bonds is 20. The summed E-state index contributed by atoms with van der Waals surface area (Å²) in [4.78, 5) is 126. The Labute approximate surface area is 486 Å². The number of carbonyl (C=O) groups excluding carboxylic acids is 9. The second-order valence-corrected chi connectivity index (χ2v) is 22.9. The van der Waals surface area contributed by atoms with E-state index < -0.39 is 108 Å². The highest BCUT2D eigenvalue weighted by molar-refractivity contribution is 8.76. The Morgan fingerprint density at radius 1 is 0.625 bits per heavy atom. The number of aliphatic hydroxyl groups is 1. The molecule has 0 aliphatic carbocycles. The number of nitrogens with one attached hydrogen (secondary N) is 8. The van der Waals surface area contributed by atoms with Crippen LogP contribution < -0.4 is 59.7 Å². The maximum absolute atomic E-state index is 14.8. The van der Waals surface area contributed by atoms with Crippen molar-refractivity contribution in [2.75, 3.05) is 25.1 Å². The van der Waals surface area contributed by atoms with Crippen molar-refractivity contribution in [3.05, 3.63) is 140 Å². The highest BCUT2D eigenvalue weighted by Gasteiger charge is 2.36. The molecule has 0 saturated carbocycles. The Morgan fingerprint density at radius 3 is 1.61 bits per heavy atom. The number of hydrogen-bond donors (Lipinski definition) is 12. The molecular weight excluding hydrogens is 1130 g/mol. The number of carbonyl (C=O) groups is 9. The van der Waals surface area contributed by atoms with Crippen molar-refractivity contribution in [3.63, 3.8) is 0 Å². The summed E-state index contributed by atoms with van der Waals surface area (Å²) in [5.74, 6) is -8.27. The number of aliphatic hydroxyl groups excluding tert-OH is 1. The highest BCUT2D eigenvalue weighted by atomic mass is 35.5. The van der Waals surface area contributed by atoms with Crippen LogP contribution in [0.15, 0.2) is 97.1 Å². The van der Waals surface area contributed by atoms with Gasteiger partial charge in [0.1, 0.15) is 42.3 Å². The lowest BCUT2D eigenvalue weighted by Crippen LogP contribution is -2.62. The lowest BCUT2D eigenvalue weighted by molar-refractivity contribution is -0.136. The predicted molar refractivity (Wildman–Crippen MR) is 309 cm³/mol. The fraction of sp³-hybridized carbons (Fsp3) is 0.389. The molecule has 5 rings (SSSR count). The van der Waals surface area contributed by atoms with Crippen molar-refractivity contribution in [2.24, 2.45) is 17.2 Å². The molecule has 1 heterocycles. The molecule has 1 aliphatic heterocycles. The lowest BCUT2D eigenvalue weighted by Gasteiger charge is -2.29. The van der Waals surface area contributed by atoms with Gasteiger partial charge in [-0.25, -0.2) is 0 Å². The Kier molecular flexibility index (Phi) is 25.8. The number of hydrogen-bond acceptors (Lipinski definition) is 14. The molecule has 26 heteroatoms. The fourth-order valence-corrected chi connectivity index (χ4v) is 10.9. The topological polar surface area (TPSA) is 348 Å². The number of unbranched alkanes of at least 4 members (excludes halogenated alkanes) is 1. The van der Waals surface area contributed by atoms with Crippen LogP contribution in [0.4, 0.5) is 0 Å². The molecule has 0 radical (unpaired) electrons. The van der Waals surface area contributed by atoms with Crippen LogP contribution in [0, 0.1) is 0 Å². The quantitative estimate of drug-likeness (QED) is 0.0440. The van der Waals surface area contributed by atoms with Crippen LogP contribution in [0.5, 0.6) is 0 Å². The zero-order valence-electron chi connectivity index (χ0n) is 43.8. The van der Waals surface area contributed by atoms with Gasteiger partial charge in [0.25, 0.3) is 0 Å². The van der Waals surface area contributed by atoms with Crippen LogP contribution >= 0.6 is 56.4 Å². The molecule has 15 N–H and O–H groups in total. The average molecular weight is 1200 g/mol. The highest BCUT2D eigenvalue weighted by Crippen LogP contribution is 2.24. The van der Waals surface area contributed by atoms with E-state index in [1.807, 2.05) is 0 Å². The van der Waals surface area contributed by atoms with Gasteiger partial charge in [0, 0.05) is 51.4 Å². The van der Waals surface area contributed by atoms with Gasteiger partial charge in [-0.3, -0.25) is 43.2 Å². The summed E-state index contributed by atoms with van der Waals surface area (Å²) in [5, 5.41) is 34.0. The molecule has 9 atom stereocenters. The lowest BCUT2D eigenvalue weighted by atomic mass is 10.00. The number of amides is 9. The third kappa shape index (κ3) is 20.9. The minimum Gasteiger partial charge on any atom is -0.391 e. The zero-order chi connectivity index (χ0) is 58.5. The third-order valence-corrected chi connectivity index (χ3v) is 15.9. The van der Waals surface area contributed by atoms with E-state index >= 15 is 0 Å². The van der Waals surface area contributed by atoms with Gasteiger partial charge in [-0.05, 0) is 117 Å². The molecule has 0 spiro atoms. The van der Waals surface area contributed by atoms with E-state index in [0.717, 1.165) is 21.6 Å². The van der Waals surface area contributed by atoms with Crippen LogP contribution in [0.25, 0.3) is 0 Å². The van der Waals surface area contributed by atoms with Crippen molar-refractivity contribution in [1.29, 1.82) is 0 Å². The Morgan fingerprint density at radius 2 is 1.10 bits per heavy atom. The minimum atomic E-state index is -1.73. The van der Waals surface area contributed by atoms with Gasteiger partial charge in [-0.1, -0.05) is 105 Å². The standard InChI is InChI=1S/C54H66Cl3N11O10S2/c1-29(69)45-54(78)67-44(52(76)63-40(47(60)71)24-32-10-18-36(56)19-11-32)28-80-79-27-43(66-48(72)38(58)23-30-8-16-35(55)17-9-30)53(77)65-42(26-33-12-20-37(57)21-13-33)51(75)64-41(25-31-6-14-34(15-7-31)46(59)70)50(74)62-39(49(73)68-45)5-3-4-22-61-2/h6-21,29,38-45,61,69H,3-5,22-28,58H2,1-2H3,(H2,59,70)(H2,60,71)(H,62,74)(H,63,76)(H,64,75)(H,65,77)(H,66,72)(H,67,78)(H,68,73)/t29-,38+,39+,40?,41-,42+,43-,44+,45+/m1/s1. The first-order valence-electron chi connectivity index (χ1n) is 25.5. The number of nitrogens with two attached hydrogens (primary N) is 3. The molecule has 4 aromatic carbocycles. The summed E-state index contributed by atoms with van der Waals surface area (Å²) >= 11 is 18.4. The Balaban J connectivity index is 1.58. The Hall–Kier alpha value is -6.44. The molecule has 21 nitrogen and oxygen atoms in total. The van der Waals surface area contributed by atoms with Crippen LogP contribution in [0.2, 0.25) is 15.1 Å². The fourth-order valence-electron chi connectivity index (χ4n) is 8.17. The number of halogens is 3. The first kappa shape index (κ1) is 64.4. The number of benzene rings is 4. The SMILES string of the molecule is CNCCCC[C@@H]1NC(=O)[C@@H](Cc2ccc(C(N)=O)cc2)NC(=O)[C@H](Cc2ccc(Cl)cc2)NC(=O)[C@H](NC(=O)[C@@H](N)Cc2ccc(Cl)cc2)CSSC[C@@H](C(=O)NC(Cc2ccc(Cl)cc2)C(N)=O)NC(=O)[C@H]([C@@H](C)O)NC1=O. The molecule has 0 aromatic heterocycles. The largest absolute Gasteiger partial charge is 0.391 e. The van der Waals surface area contributed by atoms with Gasteiger partial charge >= 0.3 is 0 Å². The van der Waals surface area contributed by atoms with Gasteiger partial charge in [0.15, 0.2) is 0 Å². The van der Waals surface area contributed by atoms with Gasteiger partial charge in [-0.2, -0.15) is 0 Å². The smallest absolute Gasteiger partial charge is 0.248 e. The second-order valence-electron chi connectivity index (χ2n) is 19.0. The first-order chi connectivity index (χ1) is 38.1. The first-order valence-corrected chi connectivity index (χ1v) is 29.1. The van der Waals surface area contributed by atoms with Crippen LogP contribution in [0.3, 0.4) is 0 Å². The molecule has 80 heavy (non-hydrogen) atoms. The van der Waals surface area contributed by atoms with Gasteiger partial charge in [0.05, 0.1) is 12.1 Å². The molecular formula is C54H66Cl3N11O10S2. The van der Waals surface area contributed by atoms with Crippen LogP contribution in [-0.2, 0) is 64.0 Å². The van der Waals surface area contributed by atoms with E-state index in [9.17, 15) is 48.3 Å². The maximum atomic E-state index is 14.8. The van der Waals surface area contributed by atoms with Crippen molar-refractivity contribution in [3.8, 4) is 0 Å². The van der Waals surface area contributed by atoms with Crippen molar-refractivity contribution in [1.82, 2.24) is 42.5 Å². The summed E-state index contributed by atoms with van der Waals surface area (Å²) in [6.07, 6.45) is -1.07. The van der Waals surface area contributed by atoms with Crippen molar-refractivity contribution >= 4 is 110 Å². The molecule has 1 aliphatic rings. The van der Waals surface area contributed by atoms with E-state index in [0.29, 0.717) is 56.7 Å². The van der Waals surface area contributed by atoms with E-state index in [1.54, 1.807) is 79.8 Å². The molecule has 1 fully saturated rings. The summed E-state index contributed by atoms with van der Waals surface area (Å²) < 4.78 is 0. The van der Waals surface area contributed by atoms with E-state index in [2.05, 4.69) is 42.5 Å². The minimum absolute atomic E-state index is 0.00805. The number of primary amides is 2. The maximum Gasteiger partial charge on any atom is 0.248 e. The summed E-state index contributed by atoms with van der Waals surface area (Å²) in [6, 6.07) is 14.0. The van der Waals surface area contributed by atoms with E-state index in [1.165, 1.54) is 31.2 Å². The third-order valence-electron chi connectivity index (χ3n) is 12.7. The van der Waals surface area contributed by atoms with Crippen LogP contribution in [0.1, 0.15) is 58.8 Å². The van der Waals surface area contributed by atoms with Crippen LogP contribution in [-0.4, -0.2) is 138 Å². The average Bonchev–Trinajstić information content (AvgIpc) is 3.42. The molecule has 430 valence electrons. The summed E-state index contributed by atoms with van der Waals surface area (Å²) in [7, 11) is 3.70. The molecule has 1 unspecified atom stereocenters. The summed E-state index contributed by atoms with van der Waals surface area (Å²) in [6.45, 7) is 1.77. The summed E-state index contributed by atoms with van der Waals surface area (Å²) in [5.41, 5.74) is 20.1. The predicted octanol–water partition coefficient (Wildman–Crippen LogP) is 1.39. The van der Waals surface area contributed by atoms with Gasteiger partial charge in [-0.15, -0.1) is 0 Å². The second kappa shape index (κ2) is 32.1. The zero-order valence-corrected chi connectivity index (χ0v) is 47.7. The van der Waals surface area contributed by atoms with E-state index in [-0.39, 0.29) is 49.2 Å². The molecule has 1 saturated heterocycles. The van der Waals surface area contributed by atoms with Crippen molar-refractivity contribution < 1.29 is 48.3 Å². The van der Waals surface area contributed by atoms with Gasteiger partial charge in [0.2, 0.25) is 53.2 Å². The Bertz CT molecular complexity index is 2790.